The molecule has 1 fully saturated rings. The Labute approximate surface area is 97.4 Å². The fourth-order valence-electron chi connectivity index (χ4n) is 1.66. The van der Waals surface area contributed by atoms with Gasteiger partial charge in [-0.2, -0.15) is 0 Å². The van der Waals surface area contributed by atoms with Crippen molar-refractivity contribution in [1.29, 1.82) is 0 Å². The number of hydrogen-bond acceptors (Lipinski definition) is 2. The molecular weight excluding hydrogens is 258 g/mol. The third-order valence-electron chi connectivity index (χ3n) is 2.95. The van der Waals surface area contributed by atoms with Gasteiger partial charge in [-0.25, -0.2) is 0 Å². The number of alkyl halides is 1. The molecule has 1 aliphatic carbocycles. The van der Waals surface area contributed by atoms with Crippen LogP contribution in [0.4, 0.5) is 0 Å². The van der Waals surface area contributed by atoms with Crippen LogP contribution in [0.2, 0.25) is 0 Å². The highest BCUT2D eigenvalue weighted by Gasteiger charge is 2.41. The lowest BCUT2D eigenvalue weighted by atomic mass is 10.0. The second kappa shape index (κ2) is 4.39. The van der Waals surface area contributed by atoms with Crippen molar-refractivity contribution in [2.24, 2.45) is 5.41 Å². The molecule has 1 aromatic rings. The summed E-state index contributed by atoms with van der Waals surface area (Å²) >= 11 is 3.44. The zero-order valence-corrected chi connectivity index (χ0v) is 10.0. The minimum atomic E-state index is -0.110. The van der Waals surface area contributed by atoms with E-state index in [9.17, 15) is 4.79 Å². The van der Waals surface area contributed by atoms with Crippen LogP contribution in [-0.2, 0) is 0 Å². The predicted molar refractivity (Wildman–Crippen MR) is 61.1 cm³/mol. The standard InChI is InChI=1S/C11H14BrNO2/c12-6-5-11(3-4-11)8-13-10(14)9-2-1-7-15-9/h1-2,7H,3-6,8H2,(H,13,14). The minimum Gasteiger partial charge on any atom is -0.459 e. The van der Waals surface area contributed by atoms with Gasteiger partial charge in [0.15, 0.2) is 5.76 Å². The van der Waals surface area contributed by atoms with Crippen LogP contribution in [0, 0.1) is 5.41 Å². The molecule has 3 nitrogen and oxygen atoms in total. The monoisotopic (exact) mass is 271 g/mol. The first-order valence-electron chi connectivity index (χ1n) is 5.13. The molecule has 2 rings (SSSR count). The Morgan fingerprint density at radius 2 is 2.40 bits per heavy atom. The SMILES string of the molecule is O=C(NCC1(CCBr)CC1)c1ccco1. The smallest absolute Gasteiger partial charge is 0.286 e. The second-order valence-electron chi connectivity index (χ2n) is 4.10. The Bertz CT molecular complexity index is 330. The summed E-state index contributed by atoms with van der Waals surface area (Å²) in [5.74, 6) is 0.283. The number of carbonyl (C=O) groups excluding carboxylic acids is 1. The van der Waals surface area contributed by atoms with Crippen LogP contribution in [-0.4, -0.2) is 17.8 Å². The molecule has 0 spiro atoms. The van der Waals surface area contributed by atoms with E-state index in [4.69, 9.17) is 4.42 Å². The van der Waals surface area contributed by atoms with E-state index >= 15 is 0 Å². The van der Waals surface area contributed by atoms with E-state index in [1.165, 1.54) is 19.1 Å². The first-order chi connectivity index (χ1) is 7.26. The lowest BCUT2D eigenvalue weighted by Gasteiger charge is -2.13. The van der Waals surface area contributed by atoms with Gasteiger partial charge in [-0.1, -0.05) is 15.9 Å². The largest absolute Gasteiger partial charge is 0.459 e. The van der Waals surface area contributed by atoms with E-state index in [1.54, 1.807) is 12.1 Å². The molecule has 1 saturated carbocycles. The third-order valence-corrected chi connectivity index (χ3v) is 3.35. The van der Waals surface area contributed by atoms with E-state index < -0.39 is 0 Å². The van der Waals surface area contributed by atoms with Crippen molar-refractivity contribution < 1.29 is 9.21 Å². The molecule has 1 amide bonds. The van der Waals surface area contributed by atoms with E-state index in [0.717, 1.165) is 18.3 Å². The van der Waals surface area contributed by atoms with Gasteiger partial charge >= 0.3 is 0 Å². The van der Waals surface area contributed by atoms with Crippen molar-refractivity contribution in [2.45, 2.75) is 19.3 Å². The maximum atomic E-state index is 11.6. The lowest BCUT2D eigenvalue weighted by molar-refractivity contribution is 0.0916. The van der Waals surface area contributed by atoms with Crippen LogP contribution in [0.1, 0.15) is 29.8 Å². The van der Waals surface area contributed by atoms with Crippen molar-refractivity contribution in [2.75, 3.05) is 11.9 Å². The van der Waals surface area contributed by atoms with E-state index in [1.807, 2.05) is 0 Å². The molecule has 1 N–H and O–H groups in total. The van der Waals surface area contributed by atoms with Gasteiger partial charge in [0.2, 0.25) is 0 Å². The number of hydrogen-bond donors (Lipinski definition) is 1. The summed E-state index contributed by atoms with van der Waals surface area (Å²) in [6.45, 7) is 0.762. The van der Waals surface area contributed by atoms with Crippen molar-refractivity contribution >= 4 is 21.8 Å². The fourth-order valence-corrected chi connectivity index (χ4v) is 2.50. The van der Waals surface area contributed by atoms with E-state index in [2.05, 4.69) is 21.2 Å². The third kappa shape index (κ3) is 2.62. The van der Waals surface area contributed by atoms with Crippen LogP contribution < -0.4 is 5.32 Å². The normalized spacial score (nSPS) is 17.4. The molecular formula is C11H14BrNO2. The van der Waals surface area contributed by atoms with Gasteiger partial charge in [-0.15, -0.1) is 0 Å². The van der Waals surface area contributed by atoms with Crippen LogP contribution in [0.15, 0.2) is 22.8 Å². The van der Waals surface area contributed by atoms with Gasteiger partial charge < -0.3 is 9.73 Å². The van der Waals surface area contributed by atoms with Crippen LogP contribution >= 0.6 is 15.9 Å². The second-order valence-corrected chi connectivity index (χ2v) is 4.89. The Morgan fingerprint density at radius 3 is 2.93 bits per heavy atom. The zero-order valence-electron chi connectivity index (χ0n) is 8.46. The van der Waals surface area contributed by atoms with Crippen molar-refractivity contribution in [1.82, 2.24) is 5.32 Å². The van der Waals surface area contributed by atoms with E-state index in [0.29, 0.717) is 11.2 Å². The van der Waals surface area contributed by atoms with Crippen molar-refractivity contribution in [3.8, 4) is 0 Å². The molecule has 15 heavy (non-hydrogen) atoms. The van der Waals surface area contributed by atoms with E-state index in [-0.39, 0.29) is 5.91 Å². The molecule has 0 aromatic carbocycles. The summed E-state index contributed by atoms with van der Waals surface area (Å²) in [5, 5.41) is 3.92. The topological polar surface area (TPSA) is 42.2 Å². The number of amides is 1. The molecule has 0 radical (unpaired) electrons. The summed E-state index contributed by atoms with van der Waals surface area (Å²) < 4.78 is 5.02. The quantitative estimate of drug-likeness (QED) is 0.837. The minimum absolute atomic E-state index is 0.110. The van der Waals surface area contributed by atoms with Gasteiger partial charge in [0.25, 0.3) is 5.91 Å². The van der Waals surface area contributed by atoms with Crippen LogP contribution in [0.25, 0.3) is 0 Å². The highest BCUT2D eigenvalue weighted by atomic mass is 79.9. The number of furan rings is 1. The average molecular weight is 272 g/mol. The van der Waals surface area contributed by atoms with Crippen molar-refractivity contribution in [3.63, 3.8) is 0 Å². The Balaban J connectivity index is 1.81. The molecule has 4 heteroatoms. The molecule has 0 unspecified atom stereocenters. The molecule has 1 aromatic heterocycles. The Kier molecular flexibility index (Phi) is 3.14. The number of carbonyl (C=O) groups is 1. The lowest BCUT2D eigenvalue weighted by Crippen LogP contribution is -2.30. The van der Waals surface area contributed by atoms with Crippen LogP contribution in [0.3, 0.4) is 0 Å². The fraction of sp³-hybridized carbons (Fsp3) is 0.545. The molecule has 1 heterocycles. The molecule has 82 valence electrons. The summed E-state index contributed by atoms with van der Waals surface area (Å²) in [5.41, 5.74) is 0.353. The zero-order chi connectivity index (χ0) is 10.7. The maximum absolute atomic E-state index is 11.6. The summed E-state index contributed by atoms with van der Waals surface area (Å²) in [6, 6.07) is 3.40. The molecule has 0 aliphatic heterocycles. The van der Waals surface area contributed by atoms with Crippen molar-refractivity contribution in [3.05, 3.63) is 24.2 Å². The predicted octanol–water partition coefficient (Wildman–Crippen LogP) is 2.57. The molecule has 0 saturated heterocycles. The van der Waals surface area contributed by atoms with Gasteiger partial charge in [0.1, 0.15) is 0 Å². The highest BCUT2D eigenvalue weighted by Crippen LogP contribution is 2.48. The molecule has 0 bridgehead atoms. The number of nitrogens with one attached hydrogen (secondary N) is 1. The Hall–Kier alpha value is -0.770. The van der Waals surface area contributed by atoms with Gasteiger partial charge in [0, 0.05) is 11.9 Å². The van der Waals surface area contributed by atoms with Gasteiger partial charge in [-0.05, 0) is 36.8 Å². The summed E-state index contributed by atoms with van der Waals surface area (Å²) in [4.78, 5) is 11.6. The highest BCUT2D eigenvalue weighted by molar-refractivity contribution is 9.09. The van der Waals surface area contributed by atoms with Gasteiger partial charge in [-0.3, -0.25) is 4.79 Å². The van der Waals surface area contributed by atoms with Crippen LogP contribution in [0.5, 0.6) is 0 Å². The first kappa shape index (κ1) is 10.7. The summed E-state index contributed by atoms with van der Waals surface area (Å²) in [7, 11) is 0. The summed E-state index contributed by atoms with van der Waals surface area (Å²) in [6.07, 6.45) is 5.08. The maximum Gasteiger partial charge on any atom is 0.286 e. The first-order valence-corrected chi connectivity index (χ1v) is 6.26. The van der Waals surface area contributed by atoms with Gasteiger partial charge in [0.05, 0.1) is 6.26 Å². The molecule has 0 atom stereocenters. The number of halogens is 1. The Morgan fingerprint density at radius 1 is 1.60 bits per heavy atom. The average Bonchev–Trinajstić information content (AvgIpc) is 2.81. The number of rotatable bonds is 5. The molecule has 1 aliphatic rings.